The largest absolute Gasteiger partial charge is 0.465 e. The summed E-state index contributed by atoms with van der Waals surface area (Å²) in [5.74, 6) is -0.234. The third kappa shape index (κ3) is 3.32. The standard InChI is InChI=1S/C17H22N2O4/c1-22-17(21)13-5-2-3-6-14(13)18-8-10-19(11-9-18)16(20)15-7-4-12-23-15/h2-3,5-6,15H,4,7-12H2,1H3. The lowest BCUT2D eigenvalue weighted by Crippen LogP contribution is -2.51. The number of anilines is 1. The molecule has 2 fully saturated rings. The van der Waals surface area contributed by atoms with Gasteiger partial charge in [0.2, 0.25) is 0 Å². The molecule has 0 N–H and O–H groups in total. The quantitative estimate of drug-likeness (QED) is 0.786. The lowest BCUT2D eigenvalue weighted by atomic mass is 10.1. The highest BCUT2D eigenvalue weighted by molar-refractivity contribution is 5.95. The summed E-state index contributed by atoms with van der Waals surface area (Å²) in [4.78, 5) is 28.3. The van der Waals surface area contributed by atoms with Gasteiger partial charge in [-0.05, 0) is 25.0 Å². The van der Waals surface area contributed by atoms with E-state index in [1.54, 1.807) is 6.07 Å². The Morgan fingerprint density at radius 1 is 1.17 bits per heavy atom. The first-order valence-corrected chi connectivity index (χ1v) is 8.03. The number of para-hydroxylation sites is 1. The van der Waals surface area contributed by atoms with Crippen molar-refractivity contribution in [2.75, 3.05) is 44.8 Å². The van der Waals surface area contributed by atoms with Crippen LogP contribution in [-0.4, -0.2) is 62.8 Å². The van der Waals surface area contributed by atoms with E-state index in [1.807, 2.05) is 23.1 Å². The van der Waals surface area contributed by atoms with Crippen LogP contribution >= 0.6 is 0 Å². The van der Waals surface area contributed by atoms with Gasteiger partial charge in [-0.25, -0.2) is 4.79 Å². The predicted molar refractivity (Wildman–Crippen MR) is 85.5 cm³/mol. The third-order valence-corrected chi connectivity index (χ3v) is 4.45. The van der Waals surface area contributed by atoms with Gasteiger partial charge < -0.3 is 19.3 Å². The van der Waals surface area contributed by atoms with Crippen LogP contribution in [0.3, 0.4) is 0 Å². The number of rotatable bonds is 3. The molecule has 124 valence electrons. The second kappa shape index (κ2) is 7.00. The molecule has 0 spiro atoms. The van der Waals surface area contributed by atoms with Gasteiger partial charge in [-0.2, -0.15) is 0 Å². The van der Waals surface area contributed by atoms with Crippen molar-refractivity contribution in [3.63, 3.8) is 0 Å². The van der Waals surface area contributed by atoms with Crippen molar-refractivity contribution < 1.29 is 19.1 Å². The Morgan fingerprint density at radius 2 is 1.91 bits per heavy atom. The molecule has 2 aliphatic rings. The van der Waals surface area contributed by atoms with Gasteiger partial charge in [0.1, 0.15) is 6.10 Å². The highest BCUT2D eigenvalue weighted by atomic mass is 16.5. The lowest BCUT2D eigenvalue weighted by molar-refractivity contribution is -0.141. The van der Waals surface area contributed by atoms with Crippen LogP contribution in [0.25, 0.3) is 0 Å². The molecular weight excluding hydrogens is 296 g/mol. The average Bonchev–Trinajstić information content (AvgIpc) is 3.15. The molecule has 6 nitrogen and oxygen atoms in total. The summed E-state index contributed by atoms with van der Waals surface area (Å²) in [6.45, 7) is 3.38. The van der Waals surface area contributed by atoms with Gasteiger partial charge in [0.15, 0.2) is 0 Å². The molecule has 0 aliphatic carbocycles. The minimum absolute atomic E-state index is 0.100. The Kier molecular flexibility index (Phi) is 4.81. The van der Waals surface area contributed by atoms with Crippen molar-refractivity contribution in [1.29, 1.82) is 0 Å². The van der Waals surface area contributed by atoms with Crippen LogP contribution in [0.15, 0.2) is 24.3 Å². The molecule has 1 unspecified atom stereocenters. The number of piperazine rings is 1. The van der Waals surface area contributed by atoms with E-state index in [1.165, 1.54) is 7.11 Å². The molecule has 1 aromatic carbocycles. The maximum Gasteiger partial charge on any atom is 0.339 e. The smallest absolute Gasteiger partial charge is 0.339 e. The fourth-order valence-electron chi connectivity index (χ4n) is 3.18. The number of carbonyl (C=O) groups excluding carboxylic acids is 2. The second-order valence-corrected chi connectivity index (χ2v) is 5.82. The summed E-state index contributed by atoms with van der Waals surface area (Å²) < 4.78 is 10.3. The highest BCUT2D eigenvalue weighted by Crippen LogP contribution is 2.23. The van der Waals surface area contributed by atoms with Crippen LogP contribution in [0, 0.1) is 0 Å². The Bertz CT molecular complexity index is 576. The Labute approximate surface area is 136 Å². The normalized spacial score (nSPS) is 21.3. The zero-order valence-corrected chi connectivity index (χ0v) is 13.4. The number of amides is 1. The van der Waals surface area contributed by atoms with Crippen LogP contribution < -0.4 is 4.90 Å². The van der Waals surface area contributed by atoms with Gasteiger partial charge in [-0.1, -0.05) is 12.1 Å². The number of carbonyl (C=O) groups is 2. The van der Waals surface area contributed by atoms with Gasteiger partial charge in [0.05, 0.1) is 18.4 Å². The van der Waals surface area contributed by atoms with Crippen LogP contribution in [0.5, 0.6) is 0 Å². The number of ether oxygens (including phenoxy) is 2. The summed E-state index contributed by atoms with van der Waals surface area (Å²) in [5.41, 5.74) is 1.43. The van der Waals surface area contributed by atoms with Crippen LogP contribution in [0.4, 0.5) is 5.69 Å². The van der Waals surface area contributed by atoms with E-state index in [0.29, 0.717) is 38.3 Å². The molecule has 6 heteroatoms. The number of nitrogens with zero attached hydrogens (tertiary/aromatic N) is 2. The van der Waals surface area contributed by atoms with Crippen molar-refractivity contribution in [3.05, 3.63) is 29.8 Å². The molecule has 0 saturated carbocycles. The van der Waals surface area contributed by atoms with E-state index in [0.717, 1.165) is 18.5 Å². The lowest BCUT2D eigenvalue weighted by Gasteiger charge is -2.37. The van der Waals surface area contributed by atoms with Gasteiger partial charge in [0, 0.05) is 32.8 Å². The summed E-state index contributed by atoms with van der Waals surface area (Å²) in [7, 11) is 1.39. The van der Waals surface area contributed by atoms with Crippen molar-refractivity contribution in [3.8, 4) is 0 Å². The number of esters is 1. The van der Waals surface area contributed by atoms with E-state index >= 15 is 0 Å². The molecule has 2 heterocycles. The second-order valence-electron chi connectivity index (χ2n) is 5.82. The van der Waals surface area contributed by atoms with E-state index in [2.05, 4.69) is 4.90 Å². The predicted octanol–water partition coefficient (Wildman–Crippen LogP) is 1.30. The molecule has 0 radical (unpaired) electrons. The summed E-state index contributed by atoms with van der Waals surface area (Å²) in [6, 6.07) is 7.42. The van der Waals surface area contributed by atoms with Gasteiger partial charge in [-0.3, -0.25) is 4.79 Å². The maximum absolute atomic E-state index is 12.4. The monoisotopic (exact) mass is 318 g/mol. The van der Waals surface area contributed by atoms with Crippen molar-refractivity contribution in [1.82, 2.24) is 4.90 Å². The Morgan fingerprint density at radius 3 is 2.57 bits per heavy atom. The molecule has 0 bridgehead atoms. The number of hydrogen-bond acceptors (Lipinski definition) is 5. The summed E-state index contributed by atoms with van der Waals surface area (Å²) >= 11 is 0. The zero-order valence-electron chi connectivity index (χ0n) is 13.4. The van der Waals surface area contributed by atoms with Crippen molar-refractivity contribution >= 4 is 17.6 Å². The highest BCUT2D eigenvalue weighted by Gasteiger charge is 2.31. The molecular formula is C17H22N2O4. The first-order valence-electron chi connectivity index (χ1n) is 8.03. The SMILES string of the molecule is COC(=O)c1ccccc1N1CCN(C(=O)C2CCCO2)CC1. The molecule has 1 amide bonds. The van der Waals surface area contributed by atoms with Gasteiger partial charge >= 0.3 is 5.97 Å². The Balaban J connectivity index is 1.65. The maximum atomic E-state index is 12.4. The fourth-order valence-corrected chi connectivity index (χ4v) is 3.18. The minimum Gasteiger partial charge on any atom is -0.465 e. The van der Waals surface area contributed by atoms with E-state index in [4.69, 9.17) is 9.47 Å². The van der Waals surface area contributed by atoms with Crippen LogP contribution in [0.2, 0.25) is 0 Å². The van der Waals surface area contributed by atoms with Crippen molar-refractivity contribution in [2.24, 2.45) is 0 Å². The topological polar surface area (TPSA) is 59.1 Å². The van der Waals surface area contributed by atoms with Gasteiger partial charge in [0.25, 0.3) is 5.91 Å². The van der Waals surface area contributed by atoms with Crippen molar-refractivity contribution in [2.45, 2.75) is 18.9 Å². The zero-order chi connectivity index (χ0) is 16.2. The molecule has 1 atom stereocenters. The van der Waals surface area contributed by atoms with E-state index < -0.39 is 0 Å². The molecule has 23 heavy (non-hydrogen) atoms. The summed E-state index contributed by atoms with van der Waals surface area (Å²) in [5, 5.41) is 0. The Hall–Kier alpha value is -2.08. The summed E-state index contributed by atoms with van der Waals surface area (Å²) in [6.07, 6.45) is 1.52. The first-order chi connectivity index (χ1) is 11.2. The van der Waals surface area contributed by atoms with E-state index in [9.17, 15) is 9.59 Å². The number of benzene rings is 1. The molecule has 1 aromatic rings. The fraction of sp³-hybridized carbons (Fsp3) is 0.529. The molecule has 3 rings (SSSR count). The number of methoxy groups -OCH3 is 1. The number of hydrogen-bond donors (Lipinski definition) is 0. The first kappa shape index (κ1) is 15.8. The molecule has 2 aliphatic heterocycles. The average molecular weight is 318 g/mol. The molecule has 0 aromatic heterocycles. The van der Waals surface area contributed by atoms with E-state index in [-0.39, 0.29) is 18.0 Å². The molecule has 2 saturated heterocycles. The van der Waals surface area contributed by atoms with Crippen LogP contribution in [0.1, 0.15) is 23.2 Å². The van der Waals surface area contributed by atoms with Gasteiger partial charge in [-0.15, -0.1) is 0 Å². The minimum atomic E-state index is -0.335. The third-order valence-electron chi connectivity index (χ3n) is 4.45. The van der Waals surface area contributed by atoms with Crippen LogP contribution in [-0.2, 0) is 14.3 Å².